The lowest BCUT2D eigenvalue weighted by molar-refractivity contribution is -0.138. The molecule has 44 heavy (non-hydrogen) atoms. The quantitative estimate of drug-likeness (QED) is 0.200. The number of H-pyrrole nitrogens is 1. The monoisotopic (exact) mass is 635 g/mol. The zero-order chi connectivity index (χ0) is 31.0. The number of carbonyl (C=O) groups is 3. The van der Waals surface area contributed by atoms with Gasteiger partial charge in [-0.3, -0.25) is 19.4 Å². The molecule has 12 nitrogen and oxygen atoms in total. The molecule has 1 saturated heterocycles. The summed E-state index contributed by atoms with van der Waals surface area (Å²) in [4.78, 5) is 49.9. The highest BCUT2D eigenvalue weighted by Gasteiger charge is 2.44. The van der Waals surface area contributed by atoms with Crippen molar-refractivity contribution < 1.29 is 32.6 Å². The van der Waals surface area contributed by atoms with Crippen LogP contribution in [0.3, 0.4) is 0 Å². The molecule has 2 aromatic heterocycles. The Morgan fingerprint density at radius 1 is 1.14 bits per heavy atom. The Labute approximate surface area is 257 Å². The molecule has 2 aliphatic rings. The number of ether oxygens (including phenoxy) is 1. The number of amides is 3. The Morgan fingerprint density at radius 2 is 1.93 bits per heavy atom. The van der Waals surface area contributed by atoms with Crippen LogP contribution in [0.25, 0.3) is 10.9 Å². The summed E-state index contributed by atoms with van der Waals surface area (Å²) in [6, 6.07) is 14.1. The van der Waals surface area contributed by atoms with Crippen molar-refractivity contribution in [2.45, 2.75) is 33.5 Å². The first kappa shape index (κ1) is 29.7. The molecular formula is C30H29N5O7S2. The van der Waals surface area contributed by atoms with Gasteiger partial charge in [0.2, 0.25) is 11.8 Å². The first-order valence-electron chi connectivity index (χ1n) is 13.8. The number of aromatic amines is 1. The van der Waals surface area contributed by atoms with Gasteiger partial charge in [0.05, 0.1) is 34.2 Å². The molecule has 0 spiro atoms. The molecular weight excluding hydrogens is 606 g/mol. The SMILES string of the molecule is CS(=O)(=O)[C@@H]1C[C@@H](C(=O)N[C@H](CO)c2cc3cnccc3[nH]2)N(C(=O)CNC(=O)c2ccc3c(c2)Oc2ccccc2S3)C1. The van der Waals surface area contributed by atoms with E-state index in [1.54, 1.807) is 42.7 Å². The van der Waals surface area contributed by atoms with Gasteiger partial charge in [-0.05, 0) is 48.9 Å². The van der Waals surface area contributed by atoms with Gasteiger partial charge in [-0.1, -0.05) is 23.9 Å². The maximum Gasteiger partial charge on any atom is 0.251 e. The van der Waals surface area contributed by atoms with Crippen LogP contribution in [-0.2, 0) is 19.4 Å². The molecule has 0 aliphatic carbocycles. The number of nitrogens with zero attached hydrogens (tertiary/aromatic N) is 2. The minimum atomic E-state index is -3.58. The average molecular weight is 636 g/mol. The van der Waals surface area contributed by atoms with Crippen LogP contribution in [0.15, 0.2) is 76.8 Å². The zero-order valence-electron chi connectivity index (χ0n) is 23.5. The summed E-state index contributed by atoms with van der Waals surface area (Å²) in [6.07, 6.45) is 4.20. The summed E-state index contributed by atoms with van der Waals surface area (Å²) in [5.74, 6) is -0.551. The summed E-state index contributed by atoms with van der Waals surface area (Å²) < 4.78 is 30.8. The smallest absolute Gasteiger partial charge is 0.251 e. The summed E-state index contributed by atoms with van der Waals surface area (Å²) in [7, 11) is -3.58. The largest absolute Gasteiger partial charge is 0.455 e. The van der Waals surface area contributed by atoms with Crippen LogP contribution in [0.1, 0.15) is 28.5 Å². The van der Waals surface area contributed by atoms with E-state index in [1.165, 1.54) is 16.7 Å². The molecule has 0 unspecified atom stereocenters. The maximum absolute atomic E-state index is 13.4. The second-order valence-electron chi connectivity index (χ2n) is 10.7. The standard InChI is InChI=1S/C30H29N5O7S2/c1-44(40,41)19-12-23(30(39)34-22(16-36)21-10-18-13-31-9-8-20(18)33-21)35(15-19)28(37)14-32-29(38)17-6-7-27-25(11-17)42-24-4-2-3-5-26(24)43-27/h2-11,13,19,22-23,33,36H,12,14-16H2,1H3,(H,32,38)(H,34,39)/t19-,22-,23+/m1/s1. The molecule has 4 heterocycles. The Balaban J connectivity index is 1.14. The van der Waals surface area contributed by atoms with E-state index in [9.17, 15) is 27.9 Å². The van der Waals surface area contributed by atoms with Gasteiger partial charge in [-0.25, -0.2) is 8.42 Å². The number of para-hydroxylation sites is 1. The fourth-order valence-electron chi connectivity index (χ4n) is 5.33. The number of aliphatic hydroxyl groups is 1. The topological polar surface area (TPSA) is 171 Å². The molecule has 0 radical (unpaired) electrons. The first-order chi connectivity index (χ1) is 21.1. The van der Waals surface area contributed by atoms with E-state index < -0.39 is 58.0 Å². The van der Waals surface area contributed by atoms with Crippen LogP contribution in [-0.4, -0.2) is 83.4 Å². The number of sulfone groups is 1. The van der Waals surface area contributed by atoms with Crippen molar-refractivity contribution >= 4 is 50.2 Å². The lowest BCUT2D eigenvalue weighted by Crippen LogP contribution is -2.50. The number of carbonyl (C=O) groups excluding carboxylic acids is 3. The number of aliphatic hydroxyl groups excluding tert-OH is 1. The average Bonchev–Trinajstić information content (AvgIpc) is 3.66. The number of pyridine rings is 1. The number of likely N-dealkylation sites (tertiary alicyclic amines) is 1. The summed E-state index contributed by atoms with van der Waals surface area (Å²) in [5.41, 5.74) is 1.57. The van der Waals surface area contributed by atoms with E-state index in [2.05, 4.69) is 20.6 Å². The summed E-state index contributed by atoms with van der Waals surface area (Å²) in [5, 5.41) is 15.2. The van der Waals surface area contributed by atoms with E-state index in [0.717, 1.165) is 26.9 Å². The normalized spacial score (nSPS) is 18.2. The fraction of sp³-hybridized carbons (Fsp3) is 0.267. The lowest BCUT2D eigenvalue weighted by Gasteiger charge is -2.26. The molecule has 2 aromatic carbocycles. The first-order valence-corrected chi connectivity index (χ1v) is 16.6. The molecule has 1 fully saturated rings. The second-order valence-corrected chi connectivity index (χ2v) is 14.1. The van der Waals surface area contributed by atoms with Gasteiger partial charge in [0.25, 0.3) is 5.91 Å². The van der Waals surface area contributed by atoms with Gasteiger partial charge in [0.15, 0.2) is 9.84 Å². The van der Waals surface area contributed by atoms with Crippen molar-refractivity contribution in [2.75, 3.05) is 26.0 Å². The third kappa shape index (κ3) is 6.00. The van der Waals surface area contributed by atoms with E-state index in [0.29, 0.717) is 17.2 Å². The minimum Gasteiger partial charge on any atom is -0.455 e. The number of aromatic nitrogens is 2. The number of hydrogen-bond donors (Lipinski definition) is 4. The van der Waals surface area contributed by atoms with Crippen LogP contribution >= 0.6 is 11.8 Å². The van der Waals surface area contributed by atoms with Crippen molar-refractivity contribution in [3.63, 3.8) is 0 Å². The van der Waals surface area contributed by atoms with Gasteiger partial charge in [-0.15, -0.1) is 0 Å². The highest BCUT2D eigenvalue weighted by Crippen LogP contribution is 2.46. The third-order valence-corrected chi connectivity index (χ3v) is 10.4. The van der Waals surface area contributed by atoms with Crippen molar-refractivity contribution in [3.05, 3.63) is 78.2 Å². The van der Waals surface area contributed by atoms with Crippen LogP contribution in [0.4, 0.5) is 0 Å². The Morgan fingerprint density at radius 3 is 2.70 bits per heavy atom. The maximum atomic E-state index is 13.4. The Bertz CT molecular complexity index is 1840. The number of fused-ring (bicyclic) bond motifs is 3. The second kappa shape index (κ2) is 11.9. The molecule has 14 heteroatoms. The van der Waals surface area contributed by atoms with Crippen LogP contribution in [0.2, 0.25) is 0 Å². The number of nitrogens with one attached hydrogen (secondary N) is 3. The fourth-order valence-corrected chi connectivity index (χ4v) is 7.23. The van der Waals surface area contributed by atoms with E-state index in [4.69, 9.17) is 4.74 Å². The van der Waals surface area contributed by atoms with Crippen molar-refractivity contribution in [1.82, 2.24) is 25.5 Å². The molecule has 4 N–H and O–H groups in total. The number of benzene rings is 2. The van der Waals surface area contributed by atoms with Crippen LogP contribution in [0, 0.1) is 0 Å². The third-order valence-electron chi connectivity index (χ3n) is 7.70. The molecule has 0 saturated carbocycles. The van der Waals surface area contributed by atoms with Gasteiger partial charge in [0, 0.05) is 47.4 Å². The molecule has 0 bridgehead atoms. The molecule has 3 atom stereocenters. The Kier molecular flexibility index (Phi) is 8.05. The Hall–Kier alpha value is -4.40. The van der Waals surface area contributed by atoms with Crippen molar-refractivity contribution in [3.8, 4) is 11.5 Å². The summed E-state index contributed by atoms with van der Waals surface area (Å²) >= 11 is 1.52. The molecule has 3 amide bonds. The number of rotatable bonds is 8. The van der Waals surface area contributed by atoms with Crippen LogP contribution < -0.4 is 15.4 Å². The lowest BCUT2D eigenvalue weighted by atomic mass is 10.1. The van der Waals surface area contributed by atoms with Gasteiger partial charge in [0.1, 0.15) is 17.5 Å². The van der Waals surface area contributed by atoms with Crippen molar-refractivity contribution in [2.24, 2.45) is 0 Å². The van der Waals surface area contributed by atoms with E-state index in [1.807, 2.05) is 24.3 Å². The highest BCUT2D eigenvalue weighted by atomic mass is 32.2. The highest BCUT2D eigenvalue weighted by molar-refractivity contribution is 7.99. The number of hydrogen-bond acceptors (Lipinski definition) is 9. The van der Waals surface area contributed by atoms with E-state index >= 15 is 0 Å². The van der Waals surface area contributed by atoms with Crippen LogP contribution in [0.5, 0.6) is 11.5 Å². The molecule has 228 valence electrons. The summed E-state index contributed by atoms with van der Waals surface area (Å²) in [6.45, 7) is -1.09. The van der Waals surface area contributed by atoms with Gasteiger partial charge < -0.3 is 30.4 Å². The molecule has 6 rings (SSSR count). The predicted octanol–water partition coefficient (Wildman–Crippen LogP) is 2.41. The molecule has 2 aliphatic heterocycles. The van der Waals surface area contributed by atoms with E-state index in [-0.39, 0.29) is 18.5 Å². The minimum absolute atomic E-state index is 0.111. The molecule has 4 aromatic rings. The van der Waals surface area contributed by atoms with Crippen molar-refractivity contribution in [1.29, 1.82) is 0 Å². The zero-order valence-corrected chi connectivity index (χ0v) is 25.2. The van der Waals surface area contributed by atoms with Gasteiger partial charge in [-0.2, -0.15) is 0 Å². The van der Waals surface area contributed by atoms with Gasteiger partial charge >= 0.3 is 0 Å². The predicted molar refractivity (Wildman–Crippen MR) is 162 cm³/mol.